The molecular weight excluding hydrogens is 506 g/mol. The summed E-state index contributed by atoms with van der Waals surface area (Å²) in [4.78, 5) is 36.6. The van der Waals surface area contributed by atoms with Gasteiger partial charge < -0.3 is 14.4 Å². The maximum atomic E-state index is 12.2. The summed E-state index contributed by atoms with van der Waals surface area (Å²) in [5.41, 5.74) is 0.287. The van der Waals surface area contributed by atoms with Gasteiger partial charge in [0, 0.05) is 28.4 Å². The lowest BCUT2D eigenvalue weighted by Gasteiger charge is -2.22. The molecule has 1 amide bonds. The Hall–Kier alpha value is -2.32. The molecule has 33 heavy (non-hydrogen) atoms. The van der Waals surface area contributed by atoms with E-state index < -0.39 is 6.04 Å². The molecule has 0 bridgehead atoms. The summed E-state index contributed by atoms with van der Waals surface area (Å²) in [5, 5.41) is 0. The maximum Gasteiger partial charge on any atom is 0.328 e. The number of rotatable bonds is 2. The van der Waals surface area contributed by atoms with Crippen molar-refractivity contribution in [3.8, 4) is 0 Å². The van der Waals surface area contributed by atoms with Crippen LogP contribution in [0, 0.1) is 0 Å². The highest BCUT2D eigenvalue weighted by molar-refractivity contribution is 9.10. The minimum atomic E-state index is -0.423. The van der Waals surface area contributed by atoms with Crippen molar-refractivity contribution in [3.63, 3.8) is 0 Å². The van der Waals surface area contributed by atoms with E-state index in [-0.39, 0.29) is 23.4 Å². The molecule has 180 valence electrons. The second kappa shape index (κ2) is 14.1. The fraction of sp³-hybridized carbons (Fsp3) is 0.400. The van der Waals surface area contributed by atoms with Crippen molar-refractivity contribution >= 4 is 46.4 Å². The zero-order chi connectivity index (χ0) is 25.0. The van der Waals surface area contributed by atoms with Crippen LogP contribution in [0.3, 0.4) is 0 Å². The van der Waals surface area contributed by atoms with E-state index in [4.69, 9.17) is 9.47 Å². The van der Waals surface area contributed by atoms with Crippen molar-refractivity contribution in [3.05, 3.63) is 64.6 Å². The van der Waals surface area contributed by atoms with Gasteiger partial charge in [0.1, 0.15) is 11.6 Å². The molecule has 0 spiro atoms. The molecule has 1 fully saturated rings. The highest BCUT2D eigenvalue weighted by Crippen LogP contribution is 2.21. The Morgan fingerprint density at radius 1 is 1.06 bits per heavy atom. The van der Waals surface area contributed by atoms with E-state index >= 15 is 0 Å². The first-order chi connectivity index (χ1) is 15.4. The summed E-state index contributed by atoms with van der Waals surface area (Å²) in [5.74, 6) is -0.650. The first kappa shape index (κ1) is 28.7. The fourth-order valence-corrected chi connectivity index (χ4v) is 3.85. The van der Waals surface area contributed by atoms with Crippen molar-refractivity contribution in [2.75, 3.05) is 13.7 Å². The number of hydrogen-bond donors (Lipinski definition) is 1. The van der Waals surface area contributed by atoms with Gasteiger partial charge >= 0.3 is 11.9 Å². The zero-order valence-corrected chi connectivity index (χ0v) is 22.2. The van der Waals surface area contributed by atoms with Crippen molar-refractivity contribution < 1.29 is 23.9 Å². The smallest absolute Gasteiger partial charge is 0.328 e. The van der Waals surface area contributed by atoms with Crippen LogP contribution >= 0.6 is 28.6 Å². The third kappa shape index (κ3) is 11.4. The SMILES string of the molecule is CC(=O)OC(C)(C)C.COC(=O)C1CCCN1C(=O)c1ccccc1.Sc1cccc(Br)c1. The van der Waals surface area contributed by atoms with Crippen LogP contribution in [0.25, 0.3) is 0 Å². The van der Waals surface area contributed by atoms with Crippen molar-refractivity contribution in [1.29, 1.82) is 0 Å². The predicted molar refractivity (Wildman–Crippen MR) is 135 cm³/mol. The standard InChI is InChI=1S/C13H15NO3.C6H5BrS.C6H12O2/c1-17-13(16)11-8-5-9-14(11)12(15)10-6-3-2-4-7-10;7-5-2-1-3-6(8)4-5;1-5(7)8-6(2,3)4/h2-4,6-7,11H,5,8-9H2,1H3;1-4,8H;1-4H3. The highest BCUT2D eigenvalue weighted by atomic mass is 79.9. The molecule has 0 N–H and O–H groups in total. The Balaban J connectivity index is 0.000000285. The molecule has 1 heterocycles. The van der Waals surface area contributed by atoms with Crippen LogP contribution in [0.15, 0.2) is 64.0 Å². The first-order valence-corrected chi connectivity index (χ1v) is 11.8. The summed E-state index contributed by atoms with van der Waals surface area (Å²) >= 11 is 7.44. The number of carbonyl (C=O) groups excluding carboxylic acids is 3. The summed E-state index contributed by atoms with van der Waals surface area (Å²) in [6, 6.07) is 16.4. The number of carbonyl (C=O) groups is 3. The number of methoxy groups -OCH3 is 1. The average Bonchev–Trinajstić information content (AvgIpc) is 3.22. The van der Waals surface area contributed by atoms with Crippen LogP contribution in [0.1, 0.15) is 50.9 Å². The van der Waals surface area contributed by atoms with Crippen LogP contribution in [0.2, 0.25) is 0 Å². The molecule has 0 aromatic heterocycles. The molecule has 0 aliphatic carbocycles. The molecule has 0 radical (unpaired) electrons. The van der Waals surface area contributed by atoms with Gasteiger partial charge in [-0.3, -0.25) is 9.59 Å². The third-order valence-electron chi connectivity index (χ3n) is 4.27. The molecule has 1 unspecified atom stereocenters. The van der Waals surface area contributed by atoms with Crippen molar-refractivity contribution in [2.24, 2.45) is 0 Å². The summed E-state index contributed by atoms with van der Waals surface area (Å²) < 4.78 is 10.6. The topological polar surface area (TPSA) is 72.9 Å². The number of nitrogens with zero attached hydrogens (tertiary/aromatic N) is 1. The molecular formula is C25H32BrNO5S. The van der Waals surface area contributed by atoms with Gasteiger partial charge in [-0.2, -0.15) is 0 Å². The maximum absolute atomic E-state index is 12.2. The Bertz CT molecular complexity index is 897. The van der Waals surface area contributed by atoms with Gasteiger partial charge in [-0.15, -0.1) is 12.6 Å². The molecule has 8 heteroatoms. The van der Waals surface area contributed by atoms with Gasteiger partial charge in [0.05, 0.1) is 7.11 Å². The minimum Gasteiger partial charge on any atom is -0.467 e. The van der Waals surface area contributed by atoms with Gasteiger partial charge in [0.15, 0.2) is 0 Å². The van der Waals surface area contributed by atoms with E-state index in [1.54, 1.807) is 17.0 Å². The average molecular weight is 539 g/mol. The number of benzene rings is 2. The lowest BCUT2D eigenvalue weighted by atomic mass is 10.1. The number of ether oxygens (including phenoxy) is 2. The van der Waals surface area contributed by atoms with Gasteiger partial charge in [0.25, 0.3) is 5.91 Å². The lowest BCUT2D eigenvalue weighted by molar-refractivity contribution is -0.152. The third-order valence-corrected chi connectivity index (χ3v) is 5.04. The quantitative estimate of drug-likeness (QED) is 0.401. The summed E-state index contributed by atoms with van der Waals surface area (Å²) in [6.45, 7) is 7.55. The Morgan fingerprint density at radius 3 is 2.12 bits per heavy atom. The molecule has 2 aromatic rings. The molecule has 1 atom stereocenters. The van der Waals surface area contributed by atoms with Gasteiger partial charge in [-0.25, -0.2) is 4.79 Å². The van der Waals surface area contributed by atoms with Crippen LogP contribution < -0.4 is 0 Å². The first-order valence-electron chi connectivity index (χ1n) is 10.5. The van der Waals surface area contributed by atoms with Crippen LogP contribution in [-0.4, -0.2) is 48.0 Å². The van der Waals surface area contributed by atoms with Crippen LogP contribution in [0.4, 0.5) is 0 Å². The number of halogens is 1. The molecule has 3 rings (SSSR count). The van der Waals surface area contributed by atoms with Crippen molar-refractivity contribution in [2.45, 2.75) is 57.1 Å². The molecule has 1 saturated heterocycles. The second-order valence-corrected chi connectivity index (χ2v) is 9.66. The van der Waals surface area contributed by atoms with E-state index in [1.165, 1.54) is 14.0 Å². The largest absolute Gasteiger partial charge is 0.467 e. The monoisotopic (exact) mass is 537 g/mol. The Morgan fingerprint density at radius 2 is 1.70 bits per heavy atom. The Kier molecular flexibility index (Phi) is 12.2. The van der Waals surface area contributed by atoms with Gasteiger partial charge in [-0.1, -0.05) is 40.2 Å². The van der Waals surface area contributed by atoms with E-state index in [0.717, 1.165) is 15.8 Å². The summed E-state index contributed by atoms with van der Waals surface area (Å²) in [7, 11) is 1.35. The highest BCUT2D eigenvalue weighted by Gasteiger charge is 2.35. The molecule has 2 aromatic carbocycles. The number of esters is 2. The Labute approximate surface area is 210 Å². The van der Waals surface area contributed by atoms with Crippen molar-refractivity contribution in [1.82, 2.24) is 4.90 Å². The lowest BCUT2D eigenvalue weighted by Crippen LogP contribution is -2.41. The van der Waals surface area contributed by atoms with E-state index in [1.807, 2.05) is 63.2 Å². The number of thiol groups is 1. The summed E-state index contributed by atoms with van der Waals surface area (Å²) in [6.07, 6.45) is 1.53. The fourth-order valence-electron chi connectivity index (χ4n) is 3.04. The minimum absolute atomic E-state index is 0.0986. The number of likely N-dealkylation sites (tertiary alicyclic amines) is 1. The van der Waals surface area contributed by atoms with Gasteiger partial charge in [-0.05, 0) is 63.9 Å². The van der Waals surface area contributed by atoms with E-state index in [9.17, 15) is 14.4 Å². The van der Waals surface area contributed by atoms with Crippen LogP contribution in [0.5, 0.6) is 0 Å². The van der Waals surface area contributed by atoms with E-state index in [0.29, 0.717) is 18.5 Å². The number of hydrogen-bond acceptors (Lipinski definition) is 6. The normalized spacial score (nSPS) is 14.8. The predicted octanol–water partition coefficient (Wildman–Crippen LogP) is 5.55. The van der Waals surface area contributed by atoms with Gasteiger partial charge in [0.2, 0.25) is 0 Å². The number of amides is 1. The molecule has 1 aliphatic heterocycles. The van der Waals surface area contributed by atoms with Crippen LogP contribution in [-0.2, 0) is 19.1 Å². The van der Waals surface area contributed by atoms with E-state index in [2.05, 4.69) is 28.6 Å². The second-order valence-electron chi connectivity index (χ2n) is 8.23. The molecule has 0 saturated carbocycles. The zero-order valence-electron chi connectivity index (χ0n) is 19.7. The molecule has 6 nitrogen and oxygen atoms in total. The molecule has 1 aliphatic rings.